The summed E-state index contributed by atoms with van der Waals surface area (Å²) in [5, 5.41) is 19.5. The Morgan fingerprint density at radius 1 is 1.56 bits per heavy atom. The van der Waals surface area contributed by atoms with Crippen LogP contribution in [-0.2, 0) is 6.42 Å². The van der Waals surface area contributed by atoms with E-state index < -0.39 is 6.09 Å². The molecular weight excluding hydrogens is 319 g/mol. The van der Waals surface area contributed by atoms with Crippen molar-refractivity contribution in [1.29, 1.82) is 5.26 Å². The summed E-state index contributed by atoms with van der Waals surface area (Å²) >= 11 is 2.21. The first-order valence-electron chi connectivity index (χ1n) is 4.79. The van der Waals surface area contributed by atoms with E-state index in [1.165, 1.54) is 0 Å². The molecule has 0 aliphatic heterocycles. The van der Waals surface area contributed by atoms with Crippen LogP contribution in [0.2, 0.25) is 0 Å². The first-order chi connectivity index (χ1) is 7.63. The Hall–Kier alpha value is -1.29. The van der Waals surface area contributed by atoms with Crippen molar-refractivity contribution < 1.29 is 9.90 Å². The maximum atomic E-state index is 10.2. The lowest BCUT2D eigenvalue weighted by molar-refractivity contribution is 0.194. The average Bonchev–Trinajstić information content (AvgIpc) is 2.26. The lowest BCUT2D eigenvalue weighted by Gasteiger charge is -2.05. The number of benzene rings is 1. The molecule has 0 aliphatic carbocycles. The van der Waals surface area contributed by atoms with Crippen molar-refractivity contribution in [3.8, 4) is 6.07 Å². The van der Waals surface area contributed by atoms with Gasteiger partial charge < -0.3 is 10.4 Å². The molecule has 4 nitrogen and oxygen atoms in total. The topological polar surface area (TPSA) is 73.1 Å². The fourth-order valence-electron chi connectivity index (χ4n) is 1.31. The van der Waals surface area contributed by atoms with Gasteiger partial charge in [0.05, 0.1) is 11.6 Å². The summed E-state index contributed by atoms with van der Waals surface area (Å²) in [7, 11) is 0. The summed E-state index contributed by atoms with van der Waals surface area (Å²) in [5.41, 5.74) is 1.73. The van der Waals surface area contributed by atoms with Crippen molar-refractivity contribution in [1.82, 2.24) is 5.32 Å². The molecular formula is C11H11IN2O2. The fraction of sp³-hybridized carbons (Fsp3) is 0.273. The summed E-state index contributed by atoms with van der Waals surface area (Å²) in [5.74, 6) is 0. The first kappa shape index (κ1) is 12.8. The number of halogens is 1. The van der Waals surface area contributed by atoms with Crippen molar-refractivity contribution in [3.05, 3.63) is 32.9 Å². The summed E-state index contributed by atoms with van der Waals surface area (Å²) in [4.78, 5) is 10.2. The van der Waals surface area contributed by atoms with Gasteiger partial charge in [0, 0.05) is 10.1 Å². The van der Waals surface area contributed by atoms with E-state index in [-0.39, 0.29) is 0 Å². The normalized spacial score (nSPS) is 9.50. The molecule has 1 aromatic rings. The zero-order chi connectivity index (χ0) is 12.0. The van der Waals surface area contributed by atoms with Gasteiger partial charge in [-0.3, -0.25) is 0 Å². The maximum Gasteiger partial charge on any atom is 0.404 e. The van der Waals surface area contributed by atoms with Crippen LogP contribution >= 0.6 is 22.6 Å². The number of rotatable bonds is 4. The van der Waals surface area contributed by atoms with Gasteiger partial charge in [-0.25, -0.2) is 4.79 Å². The van der Waals surface area contributed by atoms with Crippen LogP contribution in [0.15, 0.2) is 18.2 Å². The summed E-state index contributed by atoms with van der Waals surface area (Å²) < 4.78 is 1.10. The Morgan fingerprint density at radius 3 is 2.94 bits per heavy atom. The van der Waals surface area contributed by atoms with Crippen LogP contribution in [0.1, 0.15) is 17.5 Å². The standard InChI is InChI=1S/C11H11IN2O2/c12-10-4-3-8(7-13)6-9(10)2-1-5-14-11(15)16/h3-4,6,14H,1-2,5H2,(H,15,16). The number of amides is 1. The van der Waals surface area contributed by atoms with Gasteiger partial charge in [0.2, 0.25) is 0 Å². The molecule has 16 heavy (non-hydrogen) atoms. The molecule has 0 saturated carbocycles. The number of hydrogen-bond acceptors (Lipinski definition) is 2. The molecule has 0 aromatic heterocycles. The molecule has 0 bridgehead atoms. The molecule has 0 spiro atoms. The monoisotopic (exact) mass is 330 g/mol. The Bertz CT molecular complexity index is 426. The van der Waals surface area contributed by atoms with E-state index in [1.54, 1.807) is 6.07 Å². The van der Waals surface area contributed by atoms with Crippen molar-refractivity contribution in [2.45, 2.75) is 12.8 Å². The fourth-order valence-corrected chi connectivity index (χ4v) is 1.92. The molecule has 84 valence electrons. The smallest absolute Gasteiger partial charge is 0.404 e. The van der Waals surface area contributed by atoms with E-state index in [0.29, 0.717) is 12.1 Å². The summed E-state index contributed by atoms with van der Waals surface area (Å²) in [6.45, 7) is 0.433. The number of nitrogens with one attached hydrogen (secondary N) is 1. The first-order valence-corrected chi connectivity index (χ1v) is 5.86. The molecule has 0 atom stereocenters. The van der Waals surface area contributed by atoms with Crippen LogP contribution in [0, 0.1) is 14.9 Å². The predicted octanol–water partition coefficient (Wildman–Crippen LogP) is 2.36. The predicted molar refractivity (Wildman–Crippen MR) is 68.2 cm³/mol. The Balaban J connectivity index is 2.53. The largest absolute Gasteiger partial charge is 0.465 e. The van der Waals surface area contributed by atoms with Crippen molar-refractivity contribution in [3.63, 3.8) is 0 Å². The van der Waals surface area contributed by atoms with Gasteiger partial charge in [-0.2, -0.15) is 5.26 Å². The van der Waals surface area contributed by atoms with E-state index in [4.69, 9.17) is 10.4 Å². The average molecular weight is 330 g/mol. The van der Waals surface area contributed by atoms with Gasteiger partial charge in [0.15, 0.2) is 0 Å². The third-order valence-electron chi connectivity index (χ3n) is 2.07. The van der Waals surface area contributed by atoms with Crippen molar-refractivity contribution in [2.24, 2.45) is 0 Å². The second-order valence-corrected chi connectivity index (χ2v) is 4.42. The van der Waals surface area contributed by atoms with Gasteiger partial charge in [-0.15, -0.1) is 0 Å². The quantitative estimate of drug-likeness (QED) is 0.658. The van der Waals surface area contributed by atoms with E-state index >= 15 is 0 Å². The molecule has 2 N–H and O–H groups in total. The number of carboxylic acid groups (broad SMARTS) is 1. The number of carbonyl (C=O) groups is 1. The highest BCUT2D eigenvalue weighted by atomic mass is 127. The van der Waals surface area contributed by atoms with Gasteiger partial charge >= 0.3 is 6.09 Å². The highest BCUT2D eigenvalue weighted by Gasteiger charge is 2.02. The van der Waals surface area contributed by atoms with Crippen LogP contribution in [-0.4, -0.2) is 17.7 Å². The number of aryl methyl sites for hydroxylation is 1. The minimum absolute atomic E-state index is 0.433. The third kappa shape index (κ3) is 4.06. The van der Waals surface area contributed by atoms with Gasteiger partial charge in [0.25, 0.3) is 0 Å². The Kier molecular flexibility index (Phi) is 5.05. The number of nitrogens with zero attached hydrogens (tertiary/aromatic N) is 1. The molecule has 0 heterocycles. The van der Waals surface area contributed by atoms with Crippen LogP contribution in [0.3, 0.4) is 0 Å². The number of nitriles is 1. The van der Waals surface area contributed by atoms with Crippen LogP contribution in [0.25, 0.3) is 0 Å². The third-order valence-corrected chi connectivity index (χ3v) is 3.13. The van der Waals surface area contributed by atoms with E-state index in [2.05, 4.69) is 34.0 Å². The van der Waals surface area contributed by atoms with E-state index in [9.17, 15) is 4.79 Å². The van der Waals surface area contributed by atoms with Gasteiger partial charge in [-0.05, 0) is 59.2 Å². The second kappa shape index (κ2) is 6.33. The molecule has 1 amide bonds. The molecule has 1 rings (SSSR count). The molecule has 0 aliphatic rings. The number of hydrogen-bond donors (Lipinski definition) is 2. The zero-order valence-electron chi connectivity index (χ0n) is 8.53. The van der Waals surface area contributed by atoms with E-state index in [0.717, 1.165) is 22.0 Å². The minimum Gasteiger partial charge on any atom is -0.465 e. The molecule has 0 fully saturated rings. The minimum atomic E-state index is -1.000. The zero-order valence-corrected chi connectivity index (χ0v) is 10.7. The molecule has 0 unspecified atom stereocenters. The SMILES string of the molecule is N#Cc1ccc(I)c(CCCNC(=O)O)c1. The Morgan fingerprint density at radius 2 is 2.31 bits per heavy atom. The van der Waals surface area contributed by atoms with Gasteiger partial charge in [-0.1, -0.05) is 0 Å². The highest BCUT2D eigenvalue weighted by molar-refractivity contribution is 14.1. The lowest BCUT2D eigenvalue weighted by Crippen LogP contribution is -2.22. The lowest BCUT2D eigenvalue weighted by atomic mass is 10.1. The van der Waals surface area contributed by atoms with Crippen LogP contribution in [0.5, 0.6) is 0 Å². The van der Waals surface area contributed by atoms with Crippen LogP contribution < -0.4 is 5.32 Å². The molecule has 0 saturated heterocycles. The summed E-state index contributed by atoms with van der Waals surface area (Å²) in [6, 6.07) is 7.62. The molecule has 0 radical (unpaired) electrons. The second-order valence-electron chi connectivity index (χ2n) is 3.25. The Labute approximate surface area is 107 Å². The van der Waals surface area contributed by atoms with Crippen LogP contribution in [0.4, 0.5) is 4.79 Å². The molecule has 1 aromatic carbocycles. The highest BCUT2D eigenvalue weighted by Crippen LogP contribution is 2.15. The summed E-state index contributed by atoms with van der Waals surface area (Å²) in [6.07, 6.45) is 0.506. The van der Waals surface area contributed by atoms with Crippen molar-refractivity contribution >= 4 is 28.7 Å². The van der Waals surface area contributed by atoms with E-state index in [1.807, 2.05) is 12.1 Å². The molecule has 5 heteroatoms. The van der Waals surface area contributed by atoms with Crippen molar-refractivity contribution in [2.75, 3.05) is 6.54 Å². The maximum absolute atomic E-state index is 10.2. The van der Waals surface area contributed by atoms with Gasteiger partial charge in [0.1, 0.15) is 0 Å².